The summed E-state index contributed by atoms with van der Waals surface area (Å²) in [6, 6.07) is 0.443. The van der Waals surface area contributed by atoms with E-state index in [0.29, 0.717) is 12.6 Å². The van der Waals surface area contributed by atoms with Crippen molar-refractivity contribution in [1.29, 1.82) is 0 Å². The molecule has 0 amide bonds. The maximum Gasteiger partial charge on any atom is 0.0586 e. The third-order valence-electron chi connectivity index (χ3n) is 3.31. The fourth-order valence-corrected chi connectivity index (χ4v) is 2.34. The van der Waals surface area contributed by atoms with Gasteiger partial charge >= 0.3 is 0 Å². The summed E-state index contributed by atoms with van der Waals surface area (Å²) in [5.41, 5.74) is 0. The number of likely N-dealkylation sites (tertiary alicyclic amines) is 1. The van der Waals surface area contributed by atoms with Gasteiger partial charge < -0.3 is 5.11 Å². The van der Waals surface area contributed by atoms with E-state index in [2.05, 4.69) is 11.5 Å². The van der Waals surface area contributed by atoms with Crippen LogP contribution in [0, 0.1) is 0 Å². The molecule has 88 valence electrons. The molecule has 0 aliphatic carbocycles. The lowest BCUT2D eigenvalue weighted by molar-refractivity contribution is 0.0887. The standard InChI is InChI=1S/C13H25NO/c1-2-3-4-5-7-10-14-11-8-6-9-13(14)12-15/h2,13,15H,1,3-12H2. The van der Waals surface area contributed by atoms with Crippen LogP contribution in [0.1, 0.15) is 44.9 Å². The quantitative estimate of drug-likeness (QED) is 0.517. The van der Waals surface area contributed by atoms with E-state index in [0.717, 1.165) is 6.42 Å². The second-order valence-electron chi connectivity index (χ2n) is 4.51. The van der Waals surface area contributed by atoms with Gasteiger partial charge in [0.1, 0.15) is 0 Å². The molecule has 1 aliphatic rings. The van der Waals surface area contributed by atoms with Crippen molar-refractivity contribution in [2.45, 2.75) is 51.0 Å². The van der Waals surface area contributed by atoms with Crippen molar-refractivity contribution >= 4 is 0 Å². The zero-order valence-electron chi connectivity index (χ0n) is 9.83. The van der Waals surface area contributed by atoms with Gasteiger partial charge in [0.05, 0.1) is 6.61 Å². The first-order valence-corrected chi connectivity index (χ1v) is 6.34. The Hall–Kier alpha value is -0.340. The molecular weight excluding hydrogens is 186 g/mol. The smallest absolute Gasteiger partial charge is 0.0586 e. The molecule has 2 heteroatoms. The van der Waals surface area contributed by atoms with Crippen molar-refractivity contribution in [3.05, 3.63) is 12.7 Å². The van der Waals surface area contributed by atoms with Crippen LogP contribution < -0.4 is 0 Å². The highest BCUT2D eigenvalue weighted by Crippen LogP contribution is 2.17. The molecule has 0 saturated carbocycles. The minimum absolute atomic E-state index is 0.340. The normalized spacial score (nSPS) is 22.9. The van der Waals surface area contributed by atoms with Crippen molar-refractivity contribution in [3.63, 3.8) is 0 Å². The molecule has 1 atom stereocenters. The van der Waals surface area contributed by atoms with Crippen LogP contribution in [0.15, 0.2) is 12.7 Å². The molecule has 0 spiro atoms. The van der Waals surface area contributed by atoms with Gasteiger partial charge in [-0.15, -0.1) is 6.58 Å². The molecule has 0 aromatic heterocycles. The average molecular weight is 211 g/mol. The summed E-state index contributed by atoms with van der Waals surface area (Å²) in [6.07, 6.45) is 10.7. The maximum absolute atomic E-state index is 9.25. The van der Waals surface area contributed by atoms with Gasteiger partial charge in [0, 0.05) is 6.04 Å². The average Bonchev–Trinajstić information content (AvgIpc) is 2.29. The predicted molar refractivity (Wildman–Crippen MR) is 65.0 cm³/mol. The fourth-order valence-electron chi connectivity index (χ4n) is 2.34. The summed E-state index contributed by atoms with van der Waals surface area (Å²) in [4.78, 5) is 2.47. The van der Waals surface area contributed by atoms with E-state index in [9.17, 15) is 5.11 Å². The van der Waals surface area contributed by atoms with Gasteiger partial charge in [-0.05, 0) is 45.2 Å². The van der Waals surface area contributed by atoms with E-state index in [4.69, 9.17) is 0 Å². The van der Waals surface area contributed by atoms with Gasteiger partial charge in [0.25, 0.3) is 0 Å². The highest BCUT2D eigenvalue weighted by atomic mass is 16.3. The molecule has 1 N–H and O–H groups in total. The van der Waals surface area contributed by atoms with Gasteiger partial charge in [-0.3, -0.25) is 4.90 Å². The highest BCUT2D eigenvalue weighted by Gasteiger charge is 2.20. The SMILES string of the molecule is C=CCCCCCN1CCCCC1CO. The first kappa shape index (κ1) is 12.7. The molecule has 1 rings (SSSR count). The largest absolute Gasteiger partial charge is 0.395 e. The molecule has 2 nitrogen and oxygen atoms in total. The number of hydrogen-bond donors (Lipinski definition) is 1. The Balaban J connectivity index is 2.09. The minimum atomic E-state index is 0.340. The van der Waals surface area contributed by atoms with Crippen LogP contribution in [0.3, 0.4) is 0 Å². The van der Waals surface area contributed by atoms with Crippen molar-refractivity contribution in [3.8, 4) is 0 Å². The second-order valence-corrected chi connectivity index (χ2v) is 4.51. The third kappa shape index (κ3) is 4.80. The maximum atomic E-state index is 9.25. The summed E-state index contributed by atoms with van der Waals surface area (Å²) >= 11 is 0. The summed E-state index contributed by atoms with van der Waals surface area (Å²) in [7, 11) is 0. The lowest BCUT2D eigenvalue weighted by atomic mass is 10.0. The predicted octanol–water partition coefficient (Wildman–Crippen LogP) is 2.58. The molecule has 1 unspecified atom stereocenters. The van der Waals surface area contributed by atoms with Gasteiger partial charge in [-0.2, -0.15) is 0 Å². The molecule has 1 fully saturated rings. The molecule has 0 bridgehead atoms. The number of nitrogens with zero attached hydrogens (tertiary/aromatic N) is 1. The zero-order chi connectivity index (χ0) is 10.9. The van der Waals surface area contributed by atoms with E-state index in [1.165, 1.54) is 51.6 Å². The van der Waals surface area contributed by atoms with E-state index in [-0.39, 0.29) is 0 Å². The first-order valence-electron chi connectivity index (χ1n) is 6.34. The summed E-state index contributed by atoms with van der Waals surface area (Å²) < 4.78 is 0. The molecular formula is C13H25NO. The Labute approximate surface area is 94.0 Å². The van der Waals surface area contributed by atoms with Crippen LogP contribution in [0.5, 0.6) is 0 Å². The Morgan fingerprint density at radius 1 is 1.27 bits per heavy atom. The minimum Gasteiger partial charge on any atom is -0.395 e. The number of piperidine rings is 1. The lowest BCUT2D eigenvalue weighted by Crippen LogP contribution is -2.42. The van der Waals surface area contributed by atoms with E-state index in [1.807, 2.05) is 6.08 Å². The molecule has 1 saturated heterocycles. The van der Waals surface area contributed by atoms with Gasteiger partial charge in [-0.25, -0.2) is 0 Å². The number of rotatable bonds is 7. The number of aliphatic hydroxyl groups is 1. The van der Waals surface area contributed by atoms with E-state index >= 15 is 0 Å². The second kappa shape index (κ2) is 7.89. The van der Waals surface area contributed by atoms with Gasteiger partial charge in [0.15, 0.2) is 0 Å². The zero-order valence-corrected chi connectivity index (χ0v) is 9.83. The molecule has 0 aromatic rings. The Morgan fingerprint density at radius 3 is 2.87 bits per heavy atom. The highest BCUT2D eigenvalue weighted by molar-refractivity contribution is 4.76. The van der Waals surface area contributed by atoms with Crippen LogP contribution in [-0.4, -0.2) is 35.7 Å². The van der Waals surface area contributed by atoms with Crippen molar-refractivity contribution in [2.24, 2.45) is 0 Å². The Bertz CT molecular complexity index is 170. The van der Waals surface area contributed by atoms with Gasteiger partial charge in [0.2, 0.25) is 0 Å². The number of allylic oxidation sites excluding steroid dienone is 1. The number of hydrogen-bond acceptors (Lipinski definition) is 2. The van der Waals surface area contributed by atoms with Crippen molar-refractivity contribution in [1.82, 2.24) is 4.90 Å². The lowest BCUT2D eigenvalue weighted by Gasteiger charge is -2.34. The molecule has 0 radical (unpaired) electrons. The number of aliphatic hydroxyl groups excluding tert-OH is 1. The topological polar surface area (TPSA) is 23.5 Å². The Morgan fingerprint density at radius 2 is 2.13 bits per heavy atom. The van der Waals surface area contributed by atoms with E-state index in [1.54, 1.807) is 0 Å². The summed E-state index contributed by atoms with van der Waals surface area (Å²) in [6.45, 7) is 6.43. The van der Waals surface area contributed by atoms with Gasteiger partial charge in [-0.1, -0.05) is 18.9 Å². The summed E-state index contributed by atoms with van der Waals surface area (Å²) in [5.74, 6) is 0. The van der Waals surface area contributed by atoms with Crippen LogP contribution in [-0.2, 0) is 0 Å². The summed E-state index contributed by atoms with van der Waals surface area (Å²) in [5, 5.41) is 9.25. The fraction of sp³-hybridized carbons (Fsp3) is 0.846. The molecule has 0 aromatic carbocycles. The Kier molecular flexibility index (Phi) is 6.69. The third-order valence-corrected chi connectivity index (χ3v) is 3.31. The van der Waals surface area contributed by atoms with Crippen LogP contribution in [0.2, 0.25) is 0 Å². The molecule has 1 aliphatic heterocycles. The van der Waals surface area contributed by atoms with E-state index < -0.39 is 0 Å². The van der Waals surface area contributed by atoms with Crippen molar-refractivity contribution < 1.29 is 5.11 Å². The molecule has 1 heterocycles. The van der Waals surface area contributed by atoms with Crippen LogP contribution in [0.4, 0.5) is 0 Å². The number of unbranched alkanes of at least 4 members (excludes halogenated alkanes) is 3. The van der Waals surface area contributed by atoms with Crippen LogP contribution >= 0.6 is 0 Å². The monoisotopic (exact) mass is 211 g/mol. The first-order chi connectivity index (χ1) is 7.38. The van der Waals surface area contributed by atoms with Crippen molar-refractivity contribution in [2.75, 3.05) is 19.7 Å². The molecule has 15 heavy (non-hydrogen) atoms. The van der Waals surface area contributed by atoms with Crippen LogP contribution in [0.25, 0.3) is 0 Å².